The van der Waals surface area contributed by atoms with E-state index in [9.17, 15) is 9.90 Å². The fraction of sp³-hybridized carbons (Fsp3) is 0.500. The summed E-state index contributed by atoms with van der Waals surface area (Å²) in [5.41, 5.74) is 1.85. The fourth-order valence-corrected chi connectivity index (χ4v) is 2.31. The van der Waals surface area contributed by atoms with Gasteiger partial charge in [-0.25, -0.2) is 4.79 Å². The van der Waals surface area contributed by atoms with E-state index in [2.05, 4.69) is 21.2 Å². The summed E-state index contributed by atoms with van der Waals surface area (Å²) in [6, 6.07) is 5.57. The molecule has 0 saturated heterocycles. The summed E-state index contributed by atoms with van der Waals surface area (Å²) in [6.07, 6.45) is -0.547. The first-order valence-corrected chi connectivity index (χ1v) is 7.12. The van der Waals surface area contributed by atoms with Gasteiger partial charge in [0, 0.05) is 17.1 Å². The minimum absolute atomic E-state index is 0.0267. The van der Waals surface area contributed by atoms with E-state index < -0.39 is 6.10 Å². The van der Waals surface area contributed by atoms with Gasteiger partial charge in [-0.15, -0.1) is 0 Å². The number of rotatable bonds is 4. The lowest BCUT2D eigenvalue weighted by molar-refractivity contribution is 0.125. The summed E-state index contributed by atoms with van der Waals surface area (Å²) in [5.74, 6) is 0. The molecule has 106 valence electrons. The predicted octanol–water partition coefficient (Wildman–Crippen LogP) is 3.38. The van der Waals surface area contributed by atoms with Crippen molar-refractivity contribution in [3.05, 3.63) is 28.2 Å². The highest BCUT2D eigenvalue weighted by Crippen LogP contribution is 2.23. The van der Waals surface area contributed by atoms with Crippen molar-refractivity contribution in [3.63, 3.8) is 0 Å². The molecule has 0 radical (unpaired) electrons. The minimum atomic E-state index is -0.547. The Balaban J connectivity index is 2.81. The molecular weight excluding hydrogens is 308 g/mol. The van der Waals surface area contributed by atoms with E-state index in [0.717, 1.165) is 15.7 Å². The molecule has 4 nitrogen and oxygen atoms in total. The molecule has 1 aromatic rings. The number of aliphatic hydroxyl groups excluding tert-OH is 1. The third kappa shape index (κ3) is 4.84. The Morgan fingerprint density at radius 2 is 2.05 bits per heavy atom. The maximum Gasteiger partial charge on any atom is 0.322 e. The molecule has 0 aliphatic heterocycles. The highest BCUT2D eigenvalue weighted by atomic mass is 79.9. The lowest BCUT2D eigenvalue weighted by atomic mass is 10.2. The third-order valence-electron chi connectivity index (χ3n) is 2.71. The molecule has 0 fully saturated rings. The van der Waals surface area contributed by atoms with Crippen LogP contribution in [-0.4, -0.2) is 34.7 Å². The Bertz CT molecular complexity index is 447. The van der Waals surface area contributed by atoms with Crippen LogP contribution < -0.4 is 5.32 Å². The van der Waals surface area contributed by atoms with Gasteiger partial charge in [-0.1, -0.05) is 6.07 Å². The van der Waals surface area contributed by atoms with Gasteiger partial charge in [0.05, 0.1) is 11.8 Å². The maximum atomic E-state index is 12.2. The Morgan fingerprint density at radius 3 is 2.53 bits per heavy atom. The molecule has 5 heteroatoms. The van der Waals surface area contributed by atoms with Gasteiger partial charge < -0.3 is 15.3 Å². The van der Waals surface area contributed by atoms with Gasteiger partial charge in [0.25, 0.3) is 0 Å². The van der Waals surface area contributed by atoms with Crippen LogP contribution in [0.2, 0.25) is 0 Å². The molecule has 0 bridgehead atoms. The maximum absolute atomic E-state index is 12.2. The van der Waals surface area contributed by atoms with Crippen molar-refractivity contribution in [2.75, 3.05) is 11.9 Å². The van der Waals surface area contributed by atoms with Crippen molar-refractivity contribution in [3.8, 4) is 0 Å². The topological polar surface area (TPSA) is 52.6 Å². The number of aliphatic hydroxyl groups is 1. The molecule has 0 saturated carbocycles. The van der Waals surface area contributed by atoms with Gasteiger partial charge in [-0.2, -0.15) is 0 Å². The number of nitrogens with zero attached hydrogens (tertiary/aromatic N) is 1. The highest BCUT2D eigenvalue weighted by Gasteiger charge is 2.19. The monoisotopic (exact) mass is 328 g/mol. The second-order valence-corrected chi connectivity index (χ2v) is 5.86. The summed E-state index contributed by atoms with van der Waals surface area (Å²) < 4.78 is 0.849. The Kier molecular flexibility index (Phi) is 5.82. The summed E-state index contributed by atoms with van der Waals surface area (Å²) in [4.78, 5) is 13.8. The third-order valence-corrected chi connectivity index (χ3v) is 3.37. The van der Waals surface area contributed by atoms with E-state index in [1.807, 2.05) is 39.0 Å². The molecular formula is C14H21BrN2O2. The van der Waals surface area contributed by atoms with Crippen molar-refractivity contribution in [2.24, 2.45) is 0 Å². The van der Waals surface area contributed by atoms with E-state index in [1.165, 1.54) is 0 Å². The number of aryl methyl sites for hydroxylation is 1. The van der Waals surface area contributed by atoms with Gasteiger partial charge >= 0.3 is 6.03 Å². The molecule has 2 amide bonds. The zero-order chi connectivity index (χ0) is 14.6. The van der Waals surface area contributed by atoms with Crippen molar-refractivity contribution in [1.82, 2.24) is 4.90 Å². The first-order valence-electron chi connectivity index (χ1n) is 6.33. The largest absolute Gasteiger partial charge is 0.392 e. The number of benzene rings is 1. The van der Waals surface area contributed by atoms with Crippen LogP contribution in [0.1, 0.15) is 26.3 Å². The second-order valence-electron chi connectivity index (χ2n) is 5.01. The van der Waals surface area contributed by atoms with E-state index in [-0.39, 0.29) is 12.1 Å². The Labute approximate surface area is 122 Å². The molecule has 1 rings (SSSR count). The quantitative estimate of drug-likeness (QED) is 0.890. The van der Waals surface area contributed by atoms with E-state index in [0.29, 0.717) is 6.54 Å². The first-order chi connectivity index (χ1) is 8.81. The van der Waals surface area contributed by atoms with Crippen LogP contribution in [0.15, 0.2) is 22.7 Å². The van der Waals surface area contributed by atoms with Gasteiger partial charge in [-0.05, 0) is 61.3 Å². The molecule has 1 unspecified atom stereocenters. The number of hydrogen-bond acceptors (Lipinski definition) is 2. The van der Waals surface area contributed by atoms with Gasteiger partial charge in [-0.3, -0.25) is 0 Å². The number of anilines is 1. The fourth-order valence-electron chi connectivity index (χ4n) is 1.72. The highest BCUT2D eigenvalue weighted by molar-refractivity contribution is 9.10. The van der Waals surface area contributed by atoms with Gasteiger partial charge in [0.15, 0.2) is 0 Å². The molecule has 0 aliphatic rings. The van der Waals surface area contributed by atoms with E-state index in [4.69, 9.17) is 0 Å². The lowest BCUT2D eigenvalue weighted by Gasteiger charge is -2.28. The van der Waals surface area contributed by atoms with Crippen molar-refractivity contribution in [2.45, 2.75) is 39.8 Å². The Hall–Kier alpha value is -1.07. The summed E-state index contributed by atoms with van der Waals surface area (Å²) >= 11 is 3.43. The average molecular weight is 329 g/mol. The number of hydrogen-bond donors (Lipinski definition) is 2. The minimum Gasteiger partial charge on any atom is -0.392 e. The van der Waals surface area contributed by atoms with Crippen LogP contribution in [-0.2, 0) is 0 Å². The average Bonchev–Trinajstić information content (AvgIpc) is 2.29. The predicted molar refractivity (Wildman–Crippen MR) is 81.4 cm³/mol. The first kappa shape index (κ1) is 16.0. The number of carbonyl (C=O) groups is 1. The molecule has 0 aliphatic carbocycles. The van der Waals surface area contributed by atoms with Crippen molar-refractivity contribution in [1.29, 1.82) is 0 Å². The van der Waals surface area contributed by atoms with Crippen LogP contribution in [0.3, 0.4) is 0 Å². The standard InChI is InChI=1S/C14H21BrN2O2/c1-9(2)17(8-11(4)18)14(19)16-13-6-5-10(3)7-12(13)15/h5-7,9,11,18H,8H2,1-4H3,(H,16,19). The molecule has 19 heavy (non-hydrogen) atoms. The second kappa shape index (κ2) is 6.91. The number of halogens is 1. The number of urea groups is 1. The number of carbonyl (C=O) groups excluding carboxylic acids is 1. The summed E-state index contributed by atoms with van der Waals surface area (Å²) in [5, 5.41) is 12.3. The smallest absolute Gasteiger partial charge is 0.322 e. The van der Waals surface area contributed by atoms with Crippen LogP contribution >= 0.6 is 15.9 Å². The van der Waals surface area contributed by atoms with Gasteiger partial charge in [0.2, 0.25) is 0 Å². The summed E-state index contributed by atoms with van der Waals surface area (Å²) in [7, 11) is 0. The van der Waals surface area contributed by atoms with Gasteiger partial charge in [0.1, 0.15) is 0 Å². The molecule has 0 spiro atoms. The normalized spacial score (nSPS) is 12.4. The van der Waals surface area contributed by atoms with E-state index >= 15 is 0 Å². The zero-order valence-corrected chi connectivity index (χ0v) is 13.4. The van der Waals surface area contributed by atoms with E-state index in [1.54, 1.807) is 11.8 Å². The van der Waals surface area contributed by atoms with Crippen LogP contribution in [0.4, 0.5) is 10.5 Å². The zero-order valence-electron chi connectivity index (χ0n) is 11.8. The van der Waals surface area contributed by atoms with Crippen molar-refractivity contribution < 1.29 is 9.90 Å². The lowest BCUT2D eigenvalue weighted by Crippen LogP contribution is -2.43. The molecule has 1 atom stereocenters. The molecule has 0 heterocycles. The summed E-state index contributed by atoms with van der Waals surface area (Å²) in [6.45, 7) is 7.82. The SMILES string of the molecule is Cc1ccc(NC(=O)N(CC(C)O)C(C)C)c(Br)c1. The molecule has 0 aromatic heterocycles. The van der Waals surface area contributed by atoms with Crippen LogP contribution in [0.25, 0.3) is 0 Å². The van der Waals surface area contributed by atoms with Crippen LogP contribution in [0.5, 0.6) is 0 Å². The van der Waals surface area contributed by atoms with Crippen molar-refractivity contribution >= 4 is 27.6 Å². The number of amides is 2. The Morgan fingerprint density at radius 1 is 1.42 bits per heavy atom. The number of nitrogens with one attached hydrogen (secondary N) is 1. The molecule has 2 N–H and O–H groups in total. The van der Waals surface area contributed by atoms with Crippen LogP contribution in [0, 0.1) is 6.92 Å². The molecule has 1 aromatic carbocycles.